The van der Waals surface area contributed by atoms with Gasteiger partial charge in [0.25, 0.3) is 0 Å². The van der Waals surface area contributed by atoms with E-state index in [0.29, 0.717) is 12.2 Å². The van der Waals surface area contributed by atoms with Crippen LogP contribution in [0.25, 0.3) is 10.8 Å². The van der Waals surface area contributed by atoms with Crippen LogP contribution in [0.4, 0.5) is 0 Å². The second kappa shape index (κ2) is 4.65. The second-order valence-corrected chi connectivity index (χ2v) is 4.43. The number of rotatable bonds is 3. The molecule has 0 fully saturated rings. The number of Topliss-reactive ketones (excluding diaryl/α,β-unsaturated/α-hetero) is 1. The normalized spacial score (nSPS) is 13.9. The molecule has 1 aliphatic heterocycles. The molecule has 1 aliphatic rings. The monoisotopic (exact) mass is 253 g/mol. The van der Waals surface area contributed by atoms with Gasteiger partial charge in [0.15, 0.2) is 12.5 Å². The number of benzene rings is 2. The van der Waals surface area contributed by atoms with Gasteiger partial charge in [0, 0.05) is 5.56 Å². The molecule has 0 aromatic heterocycles. The maximum atomic E-state index is 12.3. The van der Waals surface area contributed by atoms with Gasteiger partial charge < -0.3 is 0 Å². The molecule has 2 N–H and O–H groups in total. The molecule has 0 radical (unpaired) electrons. The highest BCUT2D eigenvalue weighted by Crippen LogP contribution is 2.19. The lowest BCUT2D eigenvalue weighted by Gasteiger charge is -2.10. The van der Waals surface area contributed by atoms with Crippen molar-refractivity contribution in [3.05, 3.63) is 48.0 Å². The standard InChI is InChI=1S/C14H13N4O/c15-17-9-16-18(10-17)8-14(19)13-7-3-5-11-4-1-2-6-12(11)13/h1-7H,8,10,15H2/q+1. The predicted molar refractivity (Wildman–Crippen MR) is 73.3 cm³/mol. The van der Waals surface area contributed by atoms with Crippen LogP contribution < -0.4 is 5.84 Å². The number of fused-ring (bicyclic) bond motifs is 1. The summed E-state index contributed by atoms with van der Waals surface area (Å²) in [4.78, 5) is 12.3. The molecule has 5 heteroatoms. The van der Waals surface area contributed by atoms with Crippen molar-refractivity contribution in [2.24, 2.45) is 10.9 Å². The van der Waals surface area contributed by atoms with Crippen molar-refractivity contribution in [1.29, 1.82) is 0 Å². The van der Waals surface area contributed by atoms with Crippen molar-refractivity contribution in [2.45, 2.75) is 0 Å². The molecule has 3 rings (SSSR count). The first-order valence-corrected chi connectivity index (χ1v) is 5.98. The van der Waals surface area contributed by atoms with Crippen LogP contribution in [0.3, 0.4) is 0 Å². The van der Waals surface area contributed by atoms with Crippen molar-refractivity contribution in [1.82, 2.24) is 10.0 Å². The van der Waals surface area contributed by atoms with E-state index in [2.05, 4.69) is 11.4 Å². The minimum absolute atomic E-state index is 0.0256. The number of carbonyl (C=O) groups excluding carboxylic acids is 1. The van der Waals surface area contributed by atoms with Crippen LogP contribution in [0.2, 0.25) is 0 Å². The lowest BCUT2D eigenvalue weighted by molar-refractivity contribution is 0.0924. The average molecular weight is 253 g/mol. The van der Waals surface area contributed by atoms with Crippen LogP contribution in [0.1, 0.15) is 10.4 Å². The highest BCUT2D eigenvalue weighted by atomic mass is 16.1. The molecule has 0 atom stereocenters. The van der Waals surface area contributed by atoms with E-state index >= 15 is 0 Å². The molecule has 2 aromatic rings. The summed E-state index contributed by atoms with van der Waals surface area (Å²) in [6.07, 6.45) is 2.57. The van der Waals surface area contributed by atoms with Crippen LogP contribution in [-0.4, -0.2) is 35.4 Å². The Morgan fingerprint density at radius 3 is 2.84 bits per heavy atom. The van der Waals surface area contributed by atoms with Crippen LogP contribution in [0.5, 0.6) is 0 Å². The number of nitrogens with zero attached hydrogens (tertiary/aromatic N) is 3. The van der Waals surface area contributed by atoms with Crippen LogP contribution in [-0.2, 0) is 0 Å². The van der Waals surface area contributed by atoms with Crippen molar-refractivity contribution in [3.63, 3.8) is 0 Å². The summed E-state index contributed by atoms with van der Waals surface area (Å²) in [5.41, 5.74) is 0.712. The Kier molecular flexibility index (Phi) is 2.83. The highest BCUT2D eigenvalue weighted by Gasteiger charge is 2.26. The predicted octanol–water partition coefficient (Wildman–Crippen LogP) is 1.29. The molecule has 2 aromatic carbocycles. The second-order valence-electron chi connectivity index (χ2n) is 4.43. The smallest absolute Gasteiger partial charge is 0.292 e. The summed E-state index contributed by atoms with van der Waals surface area (Å²) in [6, 6.07) is 13.6. The van der Waals surface area contributed by atoms with Gasteiger partial charge in [-0.1, -0.05) is 47.5 Å². The quantitative estimate of drug-likeness (QED) is 0.508. The van der Waals surface area contributed by atoms with Crippen molar-refractivity contribution in [3.8, 4) is 0 Å². The molecule has 1 heterocycles. The van der Waals surface area contributed by atoms with E-state index in [0.717, 1.165) is 10.8 Å². The van der Waals surface area contributed by atoms with Crippen molar-refractivity contribution < 1.29 is 4.79 Å². The minimum Gasteiger partial charge on any atom is -0.292 e. The van der Waals surface area contributed by atoms with E-state index in [9.17, 15) is 4.79 Å². The Labute approximate surface area is 110 Å². The fourth-order valence-electron chi connectivity index (χ4n) is 2.16. The van der Waals surface area contributed by atoms with Gasteiger partial charge in [-0.3, -0.25) is 4.79 Å². The lowest BCUT2D eigenvalue weighted by Crippen LogP contribution is -2.34. The maximum absolute atomic E-state index is 12.3. The van der Waals surface area contributed by atoms with Gasteiger partial charge in [0.1, 0.15) is 11.6 Å². The molecule has 0 saturated carbocycles. The number of nitrogens with two attached hydrogens (primary N) is 1. The van der Waals surface area contributed by atoms with E-state index in [-0.39, 0.29) is 12.3 Å². The third-order valence-corrected chi connectivity index (χ3v) is 3.05. The van der Waals surface area contributed by atoms with Crippen molar-refractivity contribution >= 4 is 22.9 Å². The van der Waals surface area contributed by atoms with Gasteiger partial charge in [-0.25, -0.2) is 10.9 Å². The summed E-state index contributed by atoms with van der Waals surface area (Å²) in [5, 5.41) is 8.85. The number of hydrogen-bond donors (Lipinski definition) is 1. The molecule has 0 saturated heterocycles. The molecule has 0 unspecified atom stereocenters. The molecular weight excluding hydrogens is 240 g/mol. The van der Waals surface area contributed by atoms with Gasteiger partial charge in [-0.05, 0) is 10.8 Å². The average Bonchev–Trinajstić information content (AvgIpc) is 2.83. The van der Waals surface area contributed by atoms with Crippen molar-refractivity contribution in [2.75, 3.05) is 13.2 Å². The van der Waals surface area contributed by atoms with E-state index in [1.54, 1.807) is 5.01 Å². The zero-order valence-corrected chi connectivity index (χ0v) is 10.3. The Bertz CT molecular complexity index is 647. The van der Waals surface area contributed by atoms with Gasteiger partial charge in [-0.15, -0.1) is 0 Å². The summed E-state index contributed by atoms with van der Waals surface area (Å²) in [7, 11) is 0. The Balaban J connectivity index is 1.88. The van der Waals surface area contributed by atoms with E-state index < -0.39 is 0 Å². The molecule has 94 valence electrons. The number of hydrogen-bond acceptors (Lipinski definition) is 5. The summed E-state index contributed by atoms with van der Waals surface area (Å²) in [5.74, 6) is 5.53. The first-order valence-electron chi connectivity index (χ1n) is 5.98. The molecule has 0 aliphatic carbocycles. The van der Waals surface area contributed by atoms with E-state index in [1.807, 2.05) is 42.5 Å². The minimum atomic E-state index is 0.0256. The molecule has 0 bridgehead atoms. The number of hydrazine groups is 1. The van der Waals surface area contributed by atoms with Crippen LogP contribution in [0, 0.1) is 0 Å². The van der Waals surface area contributed by atoms with Gasteiger partial charge in [0.05, 0.1) is 0 Å². The number of hydrazone groups is 1. The lowest BCUT2D eigenvalue weighted by atomic mass is 10.0. The number of ketones is 1. The SMILES string of the molecule is NN1[C+]=NN(CC(=O)c2cccc3ccccc23)C1. The van der Waals surface area contributed by atoms with Gasteiger partial charge in [0.2, 0.25) is 0 Å². The topological polar surface area (TPSA) is 61.9 Å². The molecule has 0 spiro atoms. The van der Waals surface area contributed by atoms with E-state index in [4.69, 9.17) is 5.84 Å². The summed E-state index contributed by atoms with van der Waals surface area (Å²) >= 11 is 0. The fourth-order valence-corrected chi connectivity index (χ4v) is 2.16. The van der Waals surface area contributed by atoms with E-state index in [1.165, 1.54) is 5.01 Å². The first kappa shape index (κ1) is 11.6. The van der Waals surface area contributed by atoms with Crippen LogP contribution >= 0.6 is 0 Å². The highest BCUT2D eigenvalue weighted by molar-refractivity contribution is 6.09. The van der Waals surface area contributed by atoms with Crippen LogP contribution in [0.15, 0.2) is 47.6 Å². The molecule has 5 nitrogen and oxygen atoms in total. The fraction of sp³-hybridized carbons (Fsp3) is 0.143. The maximum Gasteiger partial charge on any atom is 0.561 e. The number of carbonyl (C=O) groups is 1. The third kappa shape index (κ3) is 2.25. The summed E-state index contributed by atoms with van der Waals surface area (Å²) in [6.45, 7) is 0.589. The molecular formula is C14H13N4O+. The Morgan fingerprint density at radius 1 is 1.26 bits per heavy atom. The van der Waals surface area contributed by atoms with Gasteiger partial charge >= 0.3 is 6.34 Å². The van der Waals surface area contributed by atoms with Gasteiger partial charge in [-0.2, -0.15) is 0 Å². The summed E-state index contributed by atoms with van der Waals surface area (Å²) < 4.78 is 0. The zero-order chi connectivity index (χ0) is 13.2. The first-order chi connectivity index (χ1) is 9.24. The molecule has 0 amide bonds. The zero-order valence-electron chi connectivity index (χ0n) is 10.3. The molecule has 19 heavy (non-hydrogen) atoms. The third-order valence-electron chi connectivity index (χ3n) is 3.05. The Morgan fingerprint density at radius 2 is 2.05 bits per heavy atom. The largest absolute Gasteiger partial charge is 0.561 e. The Hall–Kier alpha value is -2.49.